The number of nitrogens with one attached hydrogen (secondary N) is 1. The highest BCUT2D eigenvalue weighted by atomic mass is 16.5. The van der Waals surface area contributed by atoms with Crippen molar-refractivity contribution in [3.8, 4) is 5.75 Å². The lowest BCUT2D eigenvalue weighted by Gasteiger charge is -2.10. The molecule has 24 heavy (non-hydrogen) atoms. The Kier molecular flexibility index (Phi) is 5.95. The molecule has 0 aliphatic rings. The maximum Gasteiger partial charge on any atom is 0.338 e. The molecule has 0 unspecified atom stereocenters. The molecule has 0 spiro atoms. The van der Waals surface area contributed by atoms with Crippen LogP contribution >= 0.6 is 0 Å². The topological polar surface area (TPSA) is 64.6 Å². The fraction of sp³-hybridized carbons (Fsp3) is 0.263. The number of rotatable bonds is 6. The van der Waals surface area contributed by atoms with E-state index in [9.17, 15) is 9.59 Å². The fourth-order valence-electron chi connectivity index (χ4n) is 2.15. The van der Waals surface area contributed by atoms with Crippen molar-refractivity contribution in [1.29, 1.82) is 0 Å². The molecule has 0 bridgehead atoms. The van der Waals surface area contributed by atoms with E-state index < -0.39 is 11.9 Å². The van der Waals surface area contributed by atoms with Gasteiger partial charge in [0.1, 0.15) is 5.75 Å². The molecular weight excluding hydrogens is 306 g/mol. The summed E-state index contributed by atoms with van der Waals surface area (Å²) in [6.07, 6.45) is 0. The molecular formula is C19H21NO4. The summed E-state index contributed by atoms with van der Waals surface area (Å²) in [5.74, 6) is -0.0183. The number of anilines is 1. The molecule has 0 heterocycles. The van der Waals surface area contributed by atoms with Gasteiger partial charge in [-0.05, 0) is 35.7 Å². The number of hydrogen-bond acceptors (Lipinski definition) is 4. The summed E-state index contributed by atoms with van der Waals surface area (Å²) in [7, 11) is 1.52. The van der Waals surface area contributed by atoms with Gasteiger partial charge in [-0.3, -0.25) is 4.79 Å². The highest BCUT2D eigenvalue weighted by Crippen LogP contribution is 2.22. The van der Waals surface area contributed by atoms with Crippen molar-refractivity contribution in [2.24, 2.45) is 0 Å². The van der Waals surface area contributed by atoms with Crippen molar-refractivity contribution >= 4 is 17.6 Å². The molecule has 0 atom stereocenters. The van der Waals surface area contributed by atoms with E-state index in [2.05, 4.69) is 19.2 Å². The Bertz CT molecular complexity index is 708. The molecule has 0 radical (unpaired) electrons. The van der Waals surface area contributed by atoms with Gasteiger partial charge < -0.3 is 14.8 Å². The van der Waals surface area contributed by atoms with Gasteiger partial charge in [-0.1, -0.05) is 38.1 Å². The lowest BCUT2D eigenvalue weighted by Crippen LogP contribution is -2.21. The molecule has 0 aromatic heterocycles. The van der Waals surface area contributed by atoms with Crippen LogP contribution in [0.2, 0.25) is 0 Å². The third-order valence-electron chi connectivity index (χ3n) is 3.53. The average Bonchev–Trinajstić information content (AvgIpc) is 2.60. The largest absolute Gasteiger partial charge is 0.495 e. The number of ether oxygens (including phenoxy) is 2. The molecule has 2 aromatic rings. The molecule has 126 valence electrons. The number of para-hydroxylation sites is 2. The number of methoxy groups -OCH3 is 1. The van der Waals surface area contributed by atoms with Crippen LogP contribution in [0.25, 0.3) is 0 Å². The van der Waals surface area contributed by atoms with Crippen LogP contribution < -0.4 is 10.1 Å². The smallest absolute Gasteiger partial charge is 0.338 e. The van der Waals surface area contributed by atoms with Gasteiger partial charge in [0.2, 0.25) is 0 Å². The fourth-order valence-corrected chi connectivity index (χ4v) is 2.15. The zero-order valence-corrected chi connectivity index (χ0v) is 14.0. The second-order valence-corrected chi connectivity index (χ2v) is 5.60. The van der Waals surface area contributed by atoms with Gasteiger partial charge in [0.15, 0.2) is 6.61 Å². The first-order valence-corrected chi connectivity index (χ1v) is 7.71. The number of esters is 1. The van der Waals surface area contributed by atoms with Gasteiger partial charge >= 0.3 is 5.97 Å². The first-order chi connectivity index (χ1) is 11.5. The number of hydrogen-bond donors (Lipinski definition) is 1. The molecule has 0 saturated heterocycles. The van der Waals surface area contributed by atoms with Crippen molar-refractivity contribution in [3.63, 3.8) is 0 Å². The summed E-state index contributed by atoms with van der Waals surface area (Å²) in [5.41, 5.74) is 2.09. The second-order valence-electron chi connectivity index (χ2n) is 5.60. The molecule has 0 fully saturated rings. The van der Waals surface area contributed by atoms with E-state index in [1.807, 2.05) is 12.1 Å². The summed E-state index contributed by atoms with van der Waals surface area (Å²) < 4.78 is 10.2. The van der Waals surface area contributed by atoms with Crippen molar-refractivity contribution in [2.75, 3.05) is 19.0 Å². The van der Waals surface area contributed by atoms with Gasteiger partial charge in [0.05, 0.1) is 18.4 Å². The van der Waals surface area contributed by atoms with E-state index in [0.717, 1.165) is 5.56 Å². The standard InChI is InChI=1S/C19H21NO4/c1-13(2)14-8-10-15(11-9-14)19(22)24-12-18(21)20-16-6-4-5-7-17(16)23-3/h4-11,13H,12H2,1-3H3,(H,20,21). The van der Waals surface area contributed by atoms with E-state index in [1.165, 1.54) is 7.11 Å². The van der Waals surface area contributed by atoms with E-state index in [-0.39, 0.29) is 6.61 Å². The first kappa shape index (κ1) is 17.5. The Morgan fingerprint density at radius 1 is 1.04 bits per heavy atom. The summed E-state index contributed by atoms with van der Waals surface area (Å²) in [6, 6.07) is 14.2. The van der Waals surface area contributed by atoms with Crippen LogP contribution in [-0.2, 0) is 9.53 Å². The van der Waals surface area contributed by atoms with Crippen LogP contribution in [0.5, 0.6) is 5.75 Å². The van der Waals surface area contributed by atoms with E-state index >= 15 is 0 Å². The number of amides is 1. The van der Waals surface area contributed by atoms with Crippen LogP contribution in [-0.4, -0.2) is 25.6 Å². The van der Waals surface area contributed by atoms with Crippen LogP contribution in [0.4, 0.5) is 5.69 Å². The van der Waals surface area contributed by atoms with Gasteiger partial charge in [0.25, 0.3) is 5.91 Å². The van der Waals surface area contributed by atoms with E-state index in [1.54, 1.807) is 36.4 Å². The van der Waals surface area contributed by atoms with Crippen LogP contribution in [0.1, 0.15) is 35.7 Å². The summed E-state index contributed by atoms with van der Waals surface area (Å²) in [4.78, 5) is 23.9. The second kappa shape index (κ2) is 8.15. The summed E-state index contributed by atoms with van der Waals surface area (Å²) >= 11 is 0. The molecule has 0 saturated carbocycles. The molecule has 0 aliphatic carbocycles. The Hall–Kier alpha value is -2.82. The highest BCUT2D eigenvalue weighted by molar-refractivity contribution is 5.96. The van der Waals surface area contributed by atoms with Crippen LogP contribution in [0, 0.1) is 0 Å². The third kappa shape index (κ3) is 4.59. The predicted octanol–water partition coefficient (Wildman–Crippen LogP) is 3.61. The maximum atomic E-state index is 12.0. The minimum absolute atomic E-state index is 0.358. The van der Waals surface area contributed by atoms with Crippen molar-refractivity contribution in [1.82, 2.24) is 0 Å². The van der Waals surface area contributed by atoms with Gasteiger partial charge in [-0.15, -0.1) is 0 Å². The summed E-state index contributed by atoms with van der Waals surface area (Å²) in [6.45, 7) is 3.80. The lowest BCUT2D eigenvalue weighted by molar-refractivity contribution is -0.119. The SMILES string of the molecule is COc1ccccc1NC(=O)COC(=O)c1ccc(C(C)C)cc1. The van der Waals surface area contributed by atoms with Gasteiger partial charge in [-0.25, -0.2) is 4.79 Å². The van der Waals surface area contributed by atoms with Crippen molar-refractivity contribution < 1.29 is 19.1 Å². The normalized spacial score (nSPS) is 10.3. The van der Waals surface area contributed by atoms with E-state index in [4.69, 9.17) is 9.47 Å². The molecule has 2 aromatic carbocycles. The highest BCUT2D eigenvalue weighted by Gasteiger charge is 2.12. The molecule has 1 N–H and O–H groups in total. The first-order valence-electron chi connectivity index (χ1n) is 7.71. The molecule has 0 aliphatic heterocycles. The van der Waals surface area contributed by atoms with Gasteiger partial charge in [-0.2, -0.15) is 0 Å². The molecule has 1 amide bonds. The summed E-state index contributed by atoms with van der Waals surface area (Å²) in [5, 5.41) is 2.65. The van der Waals surface area contributed by atoms with E-state index in [0.29, 0.717) is 22.9 Å². The lowest BCUT2D eigenvalue weighted by atomic mass is 10.0. The molecule has 5 heteroatoms. The van der Waals surface area contributed by atoms with Crippen LogP contribution in [0.15, 0.2) is 48.5 Å². The maximum absolute atomic E-state index is 12.0. The average molecular weight is 327 g/mol. The van der Waals surface area contributed by atoms with Gasteiger partial charge in [0, 0.05) is 0 Å². The number of carbonyl (C=O) groups is 2. The zero-order chi connectivity index (χ0) is 17.5. The Labute approximate surface area is 141 Å². The van der Waals surface area contributed by atoms with Crippen LogP contribution in [0.3, 0.4) is 0 Å². The Morgan fingerprint density at radius 2 is 1.71 bits per heavy atom. The van der Waals surface area contributed by atoms with Crippen molar-refractivity contribution in [3.05, 3.63) is 59.7 Å². The molecule has 5 nitrogen and oxygen atoms in total. The monoisotopic (exact) mass is 327 g/mol. The minimum Gasteiger partial charge on any atom is -0.495 e. The zero-order valence-electron chi connectivity index (χ0n) is 14.0. The minimum atomic E-state index is -0.527. The predicted molar refractivity (Wildman–Crippen MR) is 92.4 cm³/mol. The molecule has 2 rings (SSSR count). The Morgan fingerprint density at radius 3 is 2.33 bits per heavy atom. The third-order valence-corrected chi connectivity index (χ3v) is 3.53. The Balaban J connectivity index is 1.90. The number of carbonyl (C=O) groups excluding carboxylic acids is 2. The van der Waals surface area contributed by atoms with Crippen molar-refractivity contribution in [2.45, 2.75) is 19.8 Å². The quantitative estimate of drug-likeness (QED) is 0.823. The number of benzene rings is 2.